The molecule has 154 valence electrons. The second-order valence-electron chi connectivity index (χ2n) is 8.19. The predicted molar refractivity (Wildman–Crippen MR) is 122 cm³/mol. The molecule has 2 heterocycles. The molecule has 1 spiro atoms. The van der Waals surface area contributed by atoms with Crippen LogP contribution < -0.4 is 10.6 Å². The van der Waals surface area contributed by atoms with Gasteiger partial charge in [0, 0.05) is 50.3 Å². The van der Waals surface area contributed by atoms with Crippen LogP contribution in [-0.4, -0.2) is 50.1 Å². The topological polar surface area (TPSA) is 66.0 Å². The molecule has 2 saturated heterocycles. The number of rotatable bonds is 4. The number of nitrogens with one attached hydrogen (secondary N) is 2. The van der Waals surface area contributed by atoms with Crippen LogP contribution in [0.4, 0.5) is 5.69 Å². The number of ether oxygens (including phenoxy) is 1. The number of benzene rings is 1. The monoisotopic (exact) mass is 498 g/mol. The Morgan fingerprint density at radius 1 is 1.36 bits per heavy atom. The van der Waals surface area contributed by atoms with Crippen LogP contribution in [0.25, 0.3) is 0 Å². The van der Waals surface area contributed by atoms with Gasteiger partial charge in [0.1, 0.15) is 0 Å². The number of amides is 1. The fourth-order valence-electron chi connectivity index (χ4n) is 4.27. The largest absolute Gasteiger partial charge is 0.381 e. The van der Waals surface area contributed by atoms with Crippen molar-refractivity contribution < 1.29 is 9.53 Å². The molecule has 1 unspecified atom stereocenters. The van der Waals surface area contributed by atoms with Gasteiger partial charge in [-0.1, -0.05) is 18.6 Å². The Balaban J connectivity index is 0.00000225. The van der Waals surface area contributed by atoms with E-state index in [1.54, 1.807) is 0 Å². The summed E-state index contributed by atoms with van der Waals surface area (Å²) in [6.07, 6.45) is 5.54. The third kappa shape index (κ3) is 4.79. The highest BCUT2D eigenvalue weighted by atomic mass is 127. The maximum absolute atomic E-state index is 12.2. The van der Waals surface area contributed by atoms with Gasteiger partial charge in [-0.2, -0.15) is 0 Å². The van der Waals surface area contributed by atoms with Crippen molar-refractivity contribution in [1.82, 2.24) is 10.2 Å². The third-order valence-electron chi connectivity index (χ3n) is 6.26. The molecule has 3 fully saturated rings. The van der Waals surface area contributed by atoms with E-state index in [-0.39, 0.29) is 35.8 Å². The van der Waals surface area contributed by atoms with Gasteiger partial charge >= 0.3 is 0 Å². The third-order valence-corrected chi connectivity index (χ3v) is 6.26. The van der Waals surface area contributed by atoms with E-state index in [0.717, 1.165) is 62.8 Å². The number of halogens is 1. The van der Waals surface area contributed by atoms with Crippen LogP contribution in [0.15, 0.2) is 29.3 Å². The van der Waals surface area contributed by atoms with Crippen LogP contribution in [0.2, 0.25) is 0 Å². The molecule has 1 amide bonds. The molecule has 1 aromatic carbocycles. The highest BCUT2D eigenvalue weighted by molar-refractivity contribution is 14.0. The van der Waals surface area contributed by atoms with Gasteiger partial charge in [-0.25, -0.2) is 0 Å². The molecule has 0 aromatic heterocycles. The minimum Gasteiger partial charge on any atom is -0.381 e. The molecular formula is C21H31IN4O2. The van der Waals surface area contributed by atoms with Crippen molar-refractivity contribution in [2.24, 2.45) is 16.3 Å². The molecule has 2 aliphatic heterocycles. The van der Waals surface area contributed by atoms with Gasteiger partial charge < -0.3 is 20.3 Å². The summed E-state index contributed by atoms with van der Waals surface area (Å²) >= 11 is 0. The number of anilines is 1. The molecule has 7 heteroatoms. The van der Waals surface area contributed by atoms with Gasteiger partial charge in [0.25, 0.3) is 0 Å². The maximum Gasteiger partial charge on any atom is 0.227 e. The van der Waals surface area contributed by atoms with Crippen LogP contribution in [0.5, 0.6) is 0 Å². The number of hydrogen-bond donors (Lipinski definition) is 2. The fraction of sp³-hybridized carbons (Fsp3) is 0.619. The Morgan fingerprint density at radius 3 is 2.89 bits per heavy atom. The van der Waals surface area contributed by atoms with E-state index in [9.17, 15) is 4.79 Å². The molecule has 1 aromatic rings. The van der Waals surface area contributed by atoms with E-state index in [1.165, 1.54) is 12.8 Å². The first-order valence-corrected chi connectivity index (χ1v) is 10.1. The normalized spacial score (nSPS) is 24.8. The molecule has 28 heavy (non-hydrogen) atoms. The molecular weight excluding hydrogens is 467 g/mol. The molecule has 0 radical (unpaired) electrons. The molecule has 2 N–H and O–H groups in total. The van der Waals surface area contributed by atoms with E-state index < -0.39 is 0 Å². The van der Waals surface area contributed by atoms with Crippen molar-refractivity contribution in [1.29, 1.82) is 0 Å². The summed E-state index contributed by atoms with van der Waals surface area (Å²) in [4.78, 5) is 19.0. The van der Waals surface area contributed by atoms with Crippen molar-refractivity contribution in [2.45, 2.75) is 38.6 Å². The van der Waals surface area contributed by atoms with Gasteiger partial charge in [0.05, 0.1) is 6.61 Å². The van der Waals surface area contributed by atoms with Crippen molar-refractivity contribution in [3.63, 3.8) is 0 Å². The van der Waals surface area contributed by atoms with Crippen molar-refractivity contribution >= 4 is 41.5 Å². The number of hydrogen-bond acceptors (Lipinski definition) is 3. The maximum atomic E-state index is 12.2. The molecule has 0 bridgehead atoms. The van der Waals surface area contributed by atoms with Crippen LogP contribution in [0, 0.1) is 11.3 Å². The average Bonchev–Trinajstić information content (AvgIpc) is 3.25. The summed E-state index contributed by atoms with van der Waals surface area (Å²) in [5.41, 5.74) is 2.34. The Morgan fingerprint density at radius 2 is 2.21 bits per heavy atom. The Hall–Kier alpha value is -1.35. The lowest BCUT2D eigenvalue weighted by molar-refractivity contribution is -0.122. The van der Waals surface area contributed by atoms with E-state index in [1.807, 2.05) is 25.2 Å². The number of carbonyl (C=O) groups is 1. The zero-order chi connectivity index (χ0) is 18.7. The Labute approximate surface area is 184 Å². The zero-order valence-electron chi connectivity index (χ0n) is 16.6. The lowest BCUT2D eigenvalue weighted by Gasteiger charge is -2.25. The summed E-state index contributed by atoms with van der Waals surface area (Å²) in [5, 5.41) is 6.53. The summed E-state index contributed by atoms with van der Waals surface area (Å²) in [6, 6.07) is 8.08. The number of likely N-dealkylation sites (tertiary alicyclic amines) is 1. The van der Waals surface area contributed by atoms with Gasteiger partial charge in [-0.3, -0.25) is 9.79 Å². The smallest absolute Gasteiger partial charge is 0.227 e. The number of carbonyl (C=O) groups excluding carboxylic acids is 1. The lowest BCUT2D eigenvalue weighted by atomic mass is 9.85. The fourth-order valence-corrected chi connectivity index (χ4v) is 4.27. The van der Waals surface area contributed by atoms with E-state index in [0.29, 0.717) is 12.0 Å². The van der Waals surface area contributed by atoms with Gasteiger partial charge in [-0.05, 0) is 43.4 Å². The summed E-state index contributed by atoms with van der Waals surface area (Å²) in [7, 11) is 1.84. The van der Waals surface area contributed by atoms with Gasteiger partial charge in [0.15, 0.2) is 5.96 Å². The quantitative estimate of drug-likeness (QED) is 0.380. The first-order chi connectivity index (χ1) is 13.2. The summed E-state index contributed by atoms with van der Waals surface area (Å²) in [5.74, 6) is 1.30. The molecule has 1 saturated carbocycles. The molecule has 4 rings (SSSR count). The minimum atomic E-state index is 0. The minimum absolute atomic E-state index is 0. The molecule has 1 aliphatic carbocycles. The standard InChI is InChI=1S/C21H30N4O2.HI/c1-22-20(25-10-8-21(14-25)9-11-27-15-21)23-13-16-4-2-7-18(12-16)24-19(26)17-5-3-6-17;/h2,4,7,12,17H,3,5-6,8-11,13-15H2,1H3,(H,22,23)(H,24,26);1H. The van der Waals surface area contributed by atoms with Crippen LogP contribution >= 0.6 is 24.0 Å². The Bertz CT molecular complexity index is 714. The van der Waals surface area contributed by atoms with Crippen molar-refractivity contribution in [3.05, 3.63) is 29.8 Å². The van der Waals surface area contributed by atoms with Gasteiger partial charge in [-0.15, -0.1) is 24.0 Å². The molecule has 3 aliphatic rings. The number of nitrogens with zero attached hydrogens (tertiary/aromatic N) is 2. The highest BCUT2D eigenvalue weighted by Crippen LogP contribution is 2.38. The lowest BCUT2D eigenvalue weighted by Crippen LogP contribution is -2.41. The summed E-state index contributed by atoms with van der Waals surface area (Å²) < 4.78 is 5.63. The zero-order valence-corrected chi connectivity index (χ0v) is 18.9. The first kappa shape index (κ1) is 21.4. The molecule has 1 atom stereocenters. The second kappa shape index (κ2) is 9.43. The Kier molecular flexibility index (Phi) is 7.20. The SMILES string of the molecule is CN=C(NCc1cccc(NC(=O)C2CCC2)c1)N1CCC2(CCOC2)C1.I. The molecule has 6 nitrogen and oxygen atoms in total. The number of guanidine groups is 1. The van der Waals surface area contributed by atoms with Crippen molar-refractivity contribution in [2.75, 3.05) is 38.7 Å². The van der Waals surface area contributed by atoms with Crippen LogP contribution in [0.1, 0.15) is 37.7 Å². The highest BCUT2D eigenvalue weighted by Gasteiger charge is 2.42. The second-order valence-corrected chi connectivity index (χ2v) is 8.19. The summed E-state index contributed by atoms with van der Waals surface area (Å²) in [6.45, 7) is 4.51. The van der Waals surface area contributed by atoms with E-state index in [2.05, 4.69) is 26.6 Å². The predicted octanol–water partition coefficient (Wildman–Crippen LogP) is 3.23. The average molecular weight is 498 g/mol. The first-order valence-electron chi connectivity index (χ1n) is 10.1. The van der Waals surface area contributed by atoms with Gasteiger partial charge in [0.2, 0.25) is 5.91 Å². The van der Waals surface area contributed by atoms with E-state index >= 15 is 0 Å². The van der Waals surface area contributed by atoms with Crippen molar-refractivity contribution in [3.8, 4) is 0 Å². The van der Waals surface area contributed by atoms with Crippen LogP contribution in [0.3, 0.4) is 0 Å². The van der Waals surface area contributed by atoms with Crippen LogP contribution in [-0.2, 0) is 16.1 Å². The van der Waals surface area contributed by atoms with E-state index in [4.69, 9.17) is 4.74 Å². The number of aliphatic imine (C=N–C) groups is 1.